The van der Waals surface area contributed by atoms with Gasteiger partial charge in [-0.15, -0.1) is 0 Å². The van der Waals surface area contributed by atoms with Crippen LogP contribution >= 0.6 is 15.9 Å². The highest BCUT2D eigenvalue weighted by Gasteiger charge is 2.30. The maximum absolute atomic E-state index is 12.0. The Hall–Kier alpha value is -1.56. The number of benzene rings is 1. The summed E-state index contributed by atoms with van der Waals surface area (Å²) >= 11 is 3.16. The molecule has 1 aromatic carbocycles. The summed E-state index contributed by atoms with van der Waals surface area (Å²) in [5, 5.41) is 21.6. The van der Waals surface area contributed by atoms with E-state index in [-0.39, 0.29) is 23.5 Å². The van der Waals surface area contributed by atoms with Crippen LogP contribution in [0.15, 0.2) is 22.7 Å². The van der Waals surface area contributed by atoms with Crippen molar-refractivity contribution in [3.8, 4) is 5.75 Å². The van der Waals surface area contributed by atoms with Crippen molar-refractivity contribution in [3.63, 3.8) is 0 Å². The summed E-state index contributed by atoms with van der Waals surface area (Å²) in [5.41, 5.74) is 0.360. The van der Waals surface area contributed by atoms with Crippen LogP contribution < -0.4 is 5.32 Å². The molecule has 0 bridgehead atoms. The number of carboxylic acid groups (broad SMARTS) is 1. The molecule has 5 nitrogen and oxygen atoms in total. The molecule has 1 aliphatic carbocycles. The van der Waals surface area contributed by atoms with Gasteiger partial charge >= 0.3 is 5.97 Å². The van der Waals surface area contributed by atoms with E-state index in [0.717, 1.165) is 19.3 Å². The SMILES string of the molecule is O=C(NCC1CCCCC1C(=O)O)c1ccc(Br)c(O)c1. The van der Waals surface area contributed by atoms with Crippen molar-refractivity contribution in [2.75, 3.05) is 6.54 Å². The summed E-state index contributed by atoms with van der Waals surface area (Å²) in [6.45, 7) is 0.354. The van der Waals surface area contributed by atoms with Gasteiger partial charge in [0.15, 0.2) is 0 Å². The molecule has 114 valence electrons. The highest BCUT2D eigenvalue weighted by Crippen LogP contribution is 2.30. The van der Waals surface area contributed by atoms with Crippen molar-refractivity contribution < 1.29 is 19.8 Å². The molecule has 2 rings (SSSR count). The molecule has 0 heterocycles. The topological polar surface area (TPSA) is 86.6 Å². The Morgan fingerprint density at radius 1 is 1.29 bits per heavy atom. The molecule has 1 fully saturated rings. The fourth-order valence-electron chi connectivity index (χ4n) is 2.76. The van der Waals surface area contributed by atoms with Gasteiger partial charge < -0.3 is 15.5 Å². The highest BCUT2D eigenvalue weighted by molar-refractivity contribution is 9.10. The van der Waals surface area contributed by atoms with E-state index in [4.69, 9.17) is 0 Å². The largest absolute Gasteiger partial charge is 0.507 e. The second-order valence-electron chi connectivity index (χ2n) is 5.37. The Morgan fingerprint density at radius 2 is 2.00 bits per heavy atom. The monoisotopic (exact) mass is 355 g/mol. The molecule has 1 saturated carbocycles. The van der Waals surface area contributed by atoms with E-state index in [1.54, 1.807) is 12.1 Å². The lowest BCUT2D eigenvalue weighted by Gasteiger charge is -2.28. The van der Waals surface area contributed by atoms with E-state index in [0.29, 0.717) is 23.0 Å². The number of rotatable bonds is 4. The van der Waals surface area contributed by atoms with Crippen LogP contribution in [-0.4, -0.2) is 28.6 Å². The van der Waals surface area contributed by atoms with Gasteiger partial charge in [0.25, 0.3) is 5.91 Å². The number of carbonyl (C=O) groups is 2. The lowest BCUT2D eigenvalue weighted by molar-refractivity contribution is -0.144. The molecule has 0 aromatic heterocycles. The van der Waals surface area contributed by atoms with Crippen LogP contribution in [0.5, 0.6) is 5.75 Å². The number of hydrogen-bond donors (Lipinski definition) is 3. The molecule has 21 heavy (non-hydrogen) atoms. The van der Waals surface area contributed by atoms with Crippen LogP contribution in [0.1, 0.15) is 36.0 Å². The first-order chi connectivity index (χ1) is 9.99. The zero-order chi connectivity index (χ0) is 15.4. The molecule has 1 aromatic rings. The second-order valence-corrected chi connectivity index (χ2v) is 6.22. The zero-order valence-corrected chi connectivity index (χ0v) is 13.1. The molecule has 0 saturated heterocycles. The fraction of sp³-hybridized carbons (Fsp3) is 0.467. The van der Waals surface area contributed by atoms with Crippen molar-refractivity contribution >= 4 is 27.8 Å². The first-order valence-corrected chi connectivity index (χ1v) is 7.78. The van der Waals surface area contributed by atoms with Crippen LogP contribution in [-0.2, 0) is 4.79 Å². The number of halogens is 1. The maximum atomic E-state index is 12.0. The van der Waals surface area contributed by atoms with Gasteiger partial charge in [-0.2, -0.15) is 0 Å². The fourth-order valence-corrected chi connectivity index (χ4v) is 3.00. The van der Waals surface area contributed by atoms with E-state index in [2.05, 4.69) is 21.2 Å². The van der Waals surface area contributed by atoms with Gasteiger partial charge in [-0.1, -0.05) is 12.8 Å². The van der Waals surface area contributed by atoms with Crippen LogP contribution in [0.25, 0.3) is 0 Å². The Bertz CT molecular complexity index is 546. The Labute approximate surface area is 131 Å². The molecule has 1 amide bonds. The van der Waals surface area contributed by atoms with Gasteiger partial charge in [0.1, 0.15) is 5.75 Å². The van der Waals surface area contributed by atoms with Crippen molar-refractivity contribution in [1.29, 1.82) is 0 Å². The van der Waals surface area contributed by atoms with Crippen LogP contribution in [0.2, 0.25) is 0 Å². The summed E-state index contributed by atoms with van der Waals surface area (Å²) in [4.78, 5) is 23.3. The average Bonchev–Trinajstić information content (AvgIpc) is 2.47. The van der Waals surface area contributed by atoms with Crippen LogP contribution in [0, 0.1) is 11.8 Å². The van der Waals surface area contributed by atoms with E-state index >= 15 is 0 Å². The smallest absolute Gasteiger partial charge is 0.306 e. The van der Waals surface area contributed by atoms with E-state index in [1.165, 1.54) is 6.07 Å². The normalized spacial score (nSPS) is 21.8. The molecular weight excluding hydrogens is 338 g/mol. The van der Waals surface area contributed by atoms with Gasteiger partial charge in [0, 0.05) is 12.1 Å². The number of carbonyl (C=O) groups excluding carboxylic acids is 1. The first kappa shape index (κ1) is 15.8. The van der Waals surface area contributed by atoms with E-state index in [1.807, 2.05) is 0 Å². The number of aromatic hydroxyl groups is 1. The summed E-state index contributed by atoms with van der Waals surface area (Å²) in [6.07, 6.45) is 3.43. The van der Waals surface area contributed by atoms with Crippen molar-refractivity contribution in [3.05, 3.63) is 28.2 Å². The summed E-state index contributed by atoms with van der Waals surface area (Å²) in [7, 11) is 0. The molecule has 6 heteroatoms. The molecule has 0 spiro atoms. The second kappa shape index (κ2) is 6.93. The molecule has 2 unspecified atom stereocenters. The van der Waals surface area contributed by atoms with Gasteiger partial charge in [-0.05, 0) is 52.9 Å². The summed E-state index contributed by atoms with van der Waals surface area (Å²) in [6, 6.07) is 4.59. The average molecular weight is 356 g/mol. The third kappa shape index (κ3) is 3.97. The lowest BCUT2D eigenvalue weighted by atomic mass is 9.79. The Balaban J connectivity index is 1.96. The van der Waals surface area contributed by atoms with E-state index < -0.39 is 5.97 Å². The predicted molar refractivity (Wildman–Crippen MR) is 81.2 cm³/mol. The van der Waals surface area contributed by atoms with Crippen molar-refractivity contribution in [2.24, 2.45) is 11.8 Å². The minimum Gasteiger partial charge on any atom is -0.507 e. The number of nitrogens with one attached hydrogen (secondary N) is 1. The quantitative estimate of drug-likeness (QED) is 0.774. The zero-order valence-electron chi connectivity index (χ0n) is 11.5. The molecular formula is C15H18BrNO4. The third-order valence-corrected chi connectivity index (χ3v) is 4.63. The molecule has 1 aliphatic rings. The molecule has 0 radical (unpaired) electrons. The van der Waals surface area contributed by atoms with Crippen molar-refractivity contribution in [2.45, 2.75) is 25.7 Å². The molecule has 0 aliphatic heterocycles. The third-order valence-electron chi connectivity index (χ3n) is 3.96. The van der Waals surface area contributed by atoms with Gasteiger partial charge in [-0.3, -0.25) is 9.59 Å². The number of phenolic OH excluding ortho intramolecular Hbond substituents is 1. The number of phenols is 1. The highest BCUT2D eigenvalue weighted by atomic mass is 79.9. The minimum atomic E-state index is -0.782. The first-order valence-electron chi connectivity index (χ1n) is 6.98. The standard InChI is InChI=1S/C15H18BrNO4/c16-12-6-5-9(7-13(12)18)14(19)17-8-10-3-1-2-4-11(10)15(20)21/h5-7,10-11,18H,1-4,8H2,(H,17,19)(H,20,21). The van der Waals surface area contributed by atoms with Gasteiger partial charge in [-0.25, -0.2) is 0 Å². The lowest BCUT2D eigenvalue weighted by Crippen LogP contribution is -2.37. The minimum absolute atomic E-state index is 0.00345. The maximum Gasteiger partial charge on any atom is 0.306 e. The van der Waals surface area contributed by atoms with Crippen molar-refractivity contribution in [1.82, 2.24) is 5.32 Å². The molecule has 3 N–H and O–H groups in total. The number of carboxylic acids is 1. The van der Waals surface area contributed by atoms with E-state index in [9.17, 15) is 19.8 Å². The number of amides is 1. The Morgan fingerprint density at radius 3 is 2.67 bits per heavy atom. The van der Waals surface area contributed by atoms with Crippen LogP contribution in [0.4, 0.5) is 0 Å². The van der Waals surface area contributed by atoms with Gasteiger partial charge in [0.05, 0.1) is 10.4 Å². The number of hydrogen-bond acceptors (Lipinski definition) is 3. The summed E-state index contributed by atoms with van der Waals surface area (Å²) < 4.78 is 0.525. The molecule has 2 atom stereocenters. The number of aliphatic carboxylic acids is 1. The summed E-state index contributed by atoms with van der Waals surface area (Å²) in [5.74, 6) is -1.48. The predicted octanol–water partition coefficient (Wildman–Crippen LogP) is 2.78. The van der Waals surface area contributed by atoms with Gasteiger partial charge in [0.2, 0.25) is 0 Å². The Kier molecular flexibility index (Phi) is 5.22. The van der Waals surface area contributed by atoms with Crippen LogP contribution in [0.3, 0.4) is 0 Å².